The molecule has 0 aromatic heterocycles. The molecule has 3 aliphatic rings. The zero-order valence-corrected chi connectivity index (χ0v) is 25.1. The molecule has 0 unspecified atom stereocenters. The summed E-state index contributed by atoms with van der Waals surface area (Å²) in [5, 5.41) is 2.31. The van der Waals surface area contributed by atoms with Crippen molar-refractivity contribution in [2.45, 2.75) is 45.5 Å². The minimum atomic E-state index is -0.703. The minimum absolute atomic E-state index is 0.120. The molecule has 3 amide bonds. The first-order valence-corrected chi connectivity index (χ1v) is 15.1. The van der Waals surface area contributed by atoms with E-state index in [0.717, 1.165) is 31.9 Å². The van der Waals surface area contributed by atoms with Gasteiger partial charge in [0.15, 0.2) is 0 Å². The smallest absolute Gasteiger partial charge is 0.255 e. The third kappa shape index (κ3) is 6.33. The van der Waals surface area contributed by atoms with Gasteiger partial charge < -0.3 is 19.3 Å². The topological polar surface area (TPSA) is 95.8 Å². The number of imide groups is 1. The number of piperazine rings is 1. The molecule has 11 heteroatoms. The number of amides is 3. The minimum Gasteiger partial charge on any atom is -0.505 e. The van der Waals surface area contributed by atoms with Crippen LogP contribution in [-0.4, -0.2) is 66.3 Å². The summed E-state index contributed by atoms with van der Waals surface area (Å²) in [5.74, 6) is -0.257. The number of anilines is 1. The van der Waals surface area contributed by atoms with Crippen molar-refractivity contribution in [3.63, 3.8) is 0 Å². The summed E-state index contributed by atoms with van der Waals surface area (Å²) in [6, 6.07) is 15.3. The van der Waals surface area contributed by atoms with E-state index in [2.05, 4.69) is 20.0 Å². The Kier molecular flexibility index (Phi) is 8.67. The molecular formula is C34H34FN5O5. The number of nitrogens with one attached hydrogen (secondary N) is 1. The third-order valence-corrected chi connectivity index (χ3v) is 8.55. The first-order valence-electron chi connectivity index (χ1n) is 15.1. The number of nitrogens with zero attached hydrogens (tertiary/aromatic N) is 4. The largest absolute Gasteiger partial charge is 0.505 e. The van der Waals surface area contributed by atoms with E-state index in [1.807, 2.05) is 25.1 Å². The highest BCUT2D eigenvalue weighted by atomic mass is 19.1. The van der Waals surface area contributed by atoms with Crippen LogP contribution in [0.2, 0.25) is 0 Å². The van der Waals surface area contributed by atoms with Gasteiger partial charge in [0, 0.05) is 61.5 Å². The average Bonchev–Trinajstić information content (AvgIpc) is 3.38. The van der Waals surface area contributed by atoms with Crippen LogP contribution in [0.15, 0.2) is 54.6 Å². The van der Waals surface area contributed by atoms with Crippen molar-refractivity contribution in [2.24, 2.45) is 0 Å². The molecule has 3 heterocycles. The number of carbonyl (C=O) groups is 3. The average molecular weight is 612 g/mol. The Morgan fingerprint density at radius 3 is 2.56 bits per heavy atom. The fourth-order valence-corrected chi connectivity index (χ4v) is 6.13. The molecule has 0 radical (unpaired) electrons. The SMILES string of the molecule is [C-]#[N+]c1ccc(N2CCN(Cc3ccc(COc4cccc5c4CN([C@H]4CCC(=O)NC4=O)C5=O)cc3F)CC2)cc1OCC. The van der Waals surface area contributed by atoms with Gasteiger partial charge in [-0.25, -0.2) is 9.24 Å². The van der Waals surface area contributed by atoms with Gasteiger partial charge in [0.25, 0.3) is 5.91 Å². The highest BCUT2D eigenvalue weighted by Gasteiger charge is 2.40. The maximum absolute atomic E-state index is 15.2. The second-order valence-electron chi connectivity index (χ2n) is 11.4. The lowest BCUT2D eigenvalue weighted by atomic mass is 10.0. The Bertz CT molecular complexity index is 1680. The molecule has 232 valence electrons. The van der Waals surface area contributed by atoms with Crippen LogP contribution in [0, 0.1) is 12.4 Å². The number of ether oxygens (including phenoxy) is 2. The number of hydrogen-bond acceptors (Lipinski definition) is 7. The van der Waals surface area contributed by atoms with E-state index in [1.165, 1.54) is 11.0 Å². The lowest BCUT2D eigenvalue weighted by molar-refractivity contribution is -0.136. The molecule has 2 fully saturated rings. The number of benzene rings is 3. The van der Waals surface area contributed by atoms with Crippen LogP contribution in [0.25, 0.3) is 4.85 Å². The number of fused-ring (bicyclic) bond motifs is 1. The lowest BCUT2D eigenvalue weighted by Gasteiger charge is -2.36. The summed E-state index contributed by atoms with van der Waals surface area (Å²) in [6.07, 6.45) is 0.474. The fraction of sp³-hybridized carbons (Fsp3) is 0.353. The summed E-state index contributed by atoms with van der Waals surface area (Å²) in [6.45, 7) is 13.7. The monoisotopic (exact) mass is 611 g/mol. The van der Waals surface area contributed by atoms with Gasteiger partial charge in [0.1, 0.15) is 30.0 Å². The number of piperidine rings is 1. The second kappa shape index (κ2) is 13.0. The molecule has 3 aromatic carbocycles. The van der Waals surface area contributed by atoms with Crippen molar-refractivity contribution in [1.29, 1.82) is 0 Å². The fourth-order valence-electron chi connectivity index (χ4n) is 6.13. The van der Waals surface area contributed by atoms with Gasteiger partial charge in [-0.15, -0.1) is 0 Å². The van der Waals surface area contributed by atoms with Gasteiger partial charge in [-0.2, -0.15) is 0 Å². The lowest BCUT2D eigenvalue weighted by Crippen LogP contribution is -2.52. The Labute approximate surface area is 261 Å². The Morgan fingerprint density at radius 1 is 1.00 bits per heavy atom. The number of carbonyl (C=O) groups excluding carboxylic acids is 3. The molecule has 3 aromatic rings. The number of rotatable bonds is 9. The van der Waals surface area contributed by atoms with Gasteiger partial charge in [-0.05, 0) is 49.2 Å². The van der Waals surface area contributed by atoms with E-state index in [-0.39, 0.29) is 43.6 Å². The molecule has 0 saturated carbocycles. The zero-order chi connectivity index (χ0) is 31.5. The molecule has 0 aliphatic carbocycles. The molecule has 0 bridgehead atoms. The van der Waals surface area contributed by atoms with Crippen LogP contribution in [0.5, 0.6) is 11.5 Å². The van der Waals surface area contributed by atoms with Crippen molar-refractivity contribution in [1.82, 2.24) is 15.1 Å². The summed E-state index contributed by atoms with van der Waals surface area (Å²) in [7, 11) is 0. The molecular weight excluding hydrogens is 577 g/mol. The second-order valence-corrected chi connectivity index (χ2v) is 11.4. The van der Waals surface area contributed by atoms with Crippen LogP contribution in [0.3, 0.4) is 0 Å². The summed E-state index contributed by atoms with van der Waals surface area (Å²) >= 11 is 0. The van der Waals surface area contributed by atoms with Gasteiger partial charge in [-0.3, -0.25) is 24.6 Å². The molecule has 1 N–H and O–H groups in total. The highest BCUT2D eigenvalue weighted by Crippen LogP contribution is 2.35. The molecule has 1 atom stereocenters. The molecule has 0 spiro atoms. The standard InChI is InChI=1S/C34H34FN5O5/c1-3-44-31-18-24(9-10-28(31)36-2)39-15-13-38(14-16-39)19-23-8-7-22(17-27(23)35)21-45-30-6-4-5-25-26(30)20-40(34(25)43)29-11-12-32(41)37-33(29)42/h4-10,17-18,29H,3,11-16,19-21H2,1H3,(H,37,41,42)/t29-/m0/s1. The predicted octanol–water partition coefficient (Wildman–Crippen LogP) is 4.44. The molecule has 10 nitrogen and oxygen atoms in total. The van der Waals surface area contributed by atoms with Gasteiger partial charge in [-0.1, -0.05) is 24.3 Å². The Morgan fingerprint density at radius 2 is 1.82 bits per heavy atom. The molecule has 6 rings (SSSR count). The number of hydrogen-bond donors (Lipinski definition) is 1. The molecule has 45 heavy (non-hydrogen) atoms. The summed E-state index contributed by atoms with van der Waals surface area (Å²) in [5.41, 5.74) is 3.94. The Hall–Kier alpha value is -4.95. The first-order chi connectivity index (χ1) is 21.8. The maximum atomic E-state index is 15.2. The molecule has 2 saturated heterocycles. The normalized spacial score (nSPS) is 18.4. The van der Waals surface area contributed by atoms with Crippen LogP contribution < -0.4 is 19.7 Å². The quantitative estimate of drug-likeness (QED) is 0.283. The van der Waals surface area contributed by atoms with Crippen LogP contribution >= 0.6 is 0 Å². The van der Waals surface area contributed by atoms with E-state index < -0.39 is 11.9 Å². The van der Waals surface area contributed by atoms with Gasteiger partial charge >= 0.3 is 0 Å². The van der Waals surface area contributed by atoms with Gasteiger partial charge in [0.05, 0.1) is 19.7 Å². The highest BCUT2D eigenvalue weighted by molar-refractivity contribution is 6.05. The zero-order valence-electron chi connectivity index (χ0n) is 25.1. The van der Waals surface area contributed by atoms with E-state index in [9.17, 15) is 14.4 Å². The first kappa shape index (κ1) is 30.1. The third-order valence-electron chi connectivity index (χ3n) is 8.55. The summed E-state index contributed by atoms with van der Waals surface area (Å²) < 4.78 is 26.9. The van der Waals surface area contributed by atoms with E-state index in [1.54, 1.807) is 30.3 Å². The van der Waals surface area contributed by atoms with E-state index in [4.69, 9.17) is 16.0 Å². The van der Waals surface area contributed by atoms with Crippen molar-refractivity contribution in [3.8, 4) is 11.5 Å². The predicted molar refractivity (Wildman–Crippen MR) is 165 cm³/mol. The summed E-state index contributed by atoms with van der Waals surface area (Å²) in [4.78, 5) is 46.5. The van der Waals surface area contributed by atoms with Crippen molar-refractivity contribution in [2.75, 3.05) is 37.7 Å². The van der Waals surface area contributed by atoms with E-state index in [0.29, 0.717) is 52.6 Å². The van der Waals surface area contributed by atoms with Crippen molar-refractivity contribution >= 4 is 29.1 Å². The maximum Gasteiger partial charge on any atom is 0.255 e. The van der Waals surface area contributed by atoms with Crippen LogP contribution in [0.4, 0.5) is 15.8 Å². The van der Waals surface area contributed by atoms with Crippen molar-refractivity contribution in [3.05, 3.63) is 94.1 Å². The van der Waals surface area contributed by atoms with Gasteiger partial charge in [0.2, 0.25) is 17.5 Å². The van der Waals surface area contributed by atoms with Crippen molar-refractivity contribution < 1.29 is 28.2 Å². The molecule has 3 aliphatic heterocycles. The Balaban J connectivity index is 1.04. The number of halogens is 1. The van der Waals surface area contributed by atoms with Crippen LogP contribution in [0.1, 0.15) is 46.8 Å². The van der Waals surface area contributed by atoms with E-state index >= 15 is 4.39 Å². The van der Waals surface area contributed by atoms with Crippen LogP contribution in [-0.2, 0) is 29.3 Å².